The van der Waals surface area contributed by atoms with E-state index >= 15 is 0 Å². The van der Waals surface area contributed by atoms with Gasteiger partial charge in [0, 0.05) is 68.2 Å². The van der Waals surface area contributed by atoms with Gasteiger partial charge in [0.2, 0.25) is 23.0 Å². The van der Waals surface area contributed by atoms with Crippen LogP contribution in [0.2, 0.25) is 0 Å². The first-order valence-corrected chi connectivity index (χ1v) is 26.6. The lowest BCUT2D eigenvalue weighted by atomic mass is 9.76. The molecule has 0 saturated carbocycles. The minimum absolute atomic E-state index is 0.573. The summed E-state index contributed by atoms with van der Waals surface area (Å²) in [6.45, 7) is 0. The van der Waals surface area contributed by atoms with Crippen molar-refractivity contribution in [2.24, 2.45) is 0 Å². The summed E-state index contributed by atoms with van der Waals surface area (Å²) in [5, 5.41) is 137. The number of hydrogen-bond donors (Lipinski definition) is 16. The lowest BCUT2D eigenvalue weighted by Gasteiger charge is -2.30. The van der Waals surface area contributed by atoms with Crippen LogP contribution in [0.4, 0.5) is 0 Å². The first-order valence-electron chi connectivity index (χ1n) is 20.2. The number of aromatic hydroxyl groups is 12. The van der Waals surface area contributed by atoms with Crippen LogP contribution in [0.3, 0.4) is 0 Å². The Bertz CT molecular complexity index is 2550. The van der Waals surface area contributed by atoms with E-state index in [1.807, 2.05) is 0 Å². The summed E-state index contributed by atoms with van der Waals surface area (Å²) in [4.78, 5) is 0. The van der Waals surface area contributed by atoms with Crippen molar-refractivity contribution in [1.29, 1.82) is 0 Å². The van der Waals surface area contributed by atoms with Crippen molar-refractivity contribution in [3.05, 3.63) is 68.8 Å². The maximum absolute atomic E-state index is 11.9. The lowest BCUT2D eigenvalue weighted by Crippen LogP contribution is -2.14. The molecule has 0 unspecified atom stereocenters. The van der Waals surface area contributed by atoms with Crippen molar-refractivity contribution >= 4 is 40.5 Å². The van der Waals surface area contributed by atoms with E-state index < -0.39 is 252 Å². The smallest absolute Gasteiger partial charge is 0.264 e. The summed E-state index contributed by atoms with van der Waals surface area (Å²) in [7, 11) is -19.1. The minimum Gasteiger partial charge on any atom is -0.504 e. The van der Waals surface area contributed by atoms with E-state index in [1.165, 1.54) is 0 Å². The topological polar surface area (TPSA) is 460 Å². The lowest BCUT2D eigenvalue weighted by molar-refractivity contribution is 0.348. The average molecular weight is 1040 g/mol. The first kappa shape index (κ1) is 53.1. The van der Waals surface area contributed by atoms with E-state index in [0.29, 0.717) is 0 Å². The zero-order chi connectivity index (χ0) is 51.2. The summed E-state index contributed by atoms with van der Waals surface area (Å²) in [6, 6.07) is 3.57. The van der Waals surface area contributed by atoms with Crippen molar-refractivity contribution in [2.75, 3.05) is 23.0 Å². The minimum atomic E-state index is -4.76. The molecule has 8 bridgehead atoms. The Balaban J connectivity index is 2.06. The molecule has 4 aromatic carbocycles. The van der Waals surface area contributed by atoms with Crippen LogP contribution in [0.15, 0.2) is 24.3 Å². The molecule has 5 rings (SSSR count). The molecule has 0 aliphatic heterocycles. The van der Waals surface area contributed by atoms with Crippen LogP contribution in [0, 0.1) is 0 Å². The Kier molecular flexibility index (Phi) is 15.3. The normalized spacial score (nSPS) is 17.8. The fourth-order valence-corrected chi connectivity index (χ4v) is 10.8. The van der Waals surface area contributed by atoms with Gasteiger partial charge in [0.05, 0.1) is 23.0 Å². The predicted molar refractivity (Wildman–Crippen MR) is 236 cm³/mol. The standard InChI is InChI=1S/C40H48O24S4/c41-29-21-13-23(31(43)37(29)49)18(6-2-10-66(56,57)58)25-15-27(35(47)39(51)33(25)45)20(8-4-12-68(62,63)64)28-16-26(34(46)40(52)36(28)48)19(7-3-11-67(59,60)61)24-14-22(30(42)38(50)32(24)44)17(21)5-1-9-65(53,54)55/h13-20,41-52H,1-12H2,(H,53,54,55)(H,56,57,58)(H,59,60,61)(H,62,63,64). The first-order chi connectivity index (χ1) is 31.2. The molecule has 4 aromatic rings. The third-order valence-electron chi connectivity index (χ3n) is 11.8. The monoisotopic (exact) mass is 1040 g/mol. The maximum atomic E-state index is 11.9. The number of hydrogen-bond acceptors (Lipinski definition) is 20. The van der Waals surface area contributed by atoms with Gasteiger partial charge in [-0.2, -0.15) is 33.7 Å². The van der Waals surface area contributed by atoms with E-state index in [1.54, 1.807) is 0 Å². The van der Waals surface area contributed by atoms with Gasteiger partial charge in [0.25, 0.3) is 40.5 Å². The third kappa shape index (κ3) is 11.7. The van der Waals surface area contributed by atoms with Gasteiger partial charge in [-0.1, -0.05) is 0 Å². The van der Waals surface area contributed by atoms with E-state index in [0.717, 1.165) is 24.3 Å². The maximum Gasteiger partial charge on any atom is 0.264 e. The van der Waals surface area contributed by atoms with Gasteiger partial charge < -0.3 is 61.3 Å². The van der Waals surface area contributed by atoms with E-state index in [2.05, 4.69) is 0 Å². The Morgan fingerprint density at radius 3 is 0.515 bits per heavy atom. The van der Waals surface area contributed by atoms with Crippen LogP contribution in [0.25, 0.3) is 0 Å². The van der Waals surface area contributed by atoms with Crippen molar-refractivity contribution in [2.45, 2.75) is 75.0 Å². The second-order valence-corrected chi connectivity index (χ2v) is 22.6. The summed E-state index contributed by atoms with van der Waals surface area (Å²) in [5.41, 5.74) is -4.63. The number of rotatable bonds is 16. The highest BCUT2D eigenvalue weighted by Gasteiger charge is 2.38. The molecular weight excluding hydrogens is 993 g/mol. The molecule has 0 spiro atoms. The third-order valence-corrected chi connectivity index (χ3v) is 15.0. The zero-order valence-corrected chi connectivity index (χ0v) is 38.4. The Hall–Kier alpha value is -5.88. The van der Waals surface area contributed by atoms with Gasteiger partial charge in [-0.05, 0) is 75.6 Å². The van der Waals surface area contributed by atoms with Crippen molar-refractivity contribution < 1.29 is 113 Å². The molecule has 24 nitrogen and oxygen atoms in total. The summed E-state index contributed by atoms with van der Waals surface area (Å²) in [5.74, 6) is -26.1. The van der Waals surface area contributed by atoms with Gasteiger partial charge in [-0.15, -0.1) is 0 Å². The molecule has 376 valence electrons. The molecule has 0 atom stereocenters. The van der Waals surface area contributed by atoms with Crippen LogP contribution in [-0.4, -0.2) is 136 Å². The highest BCUT2D eigenvalue weighted by Crippen LogP contribution is 2.59. The zero-order valence-electron chi connectivity index (χ0n) is 35.2. The van der Waals surface area contributed by atoms with E-state index in [4.69, 9.17) is 0 Å². The van der Waals surface area contributed by atoms with Crippen LogP contribution in [-0.2, 0) is 40.5 Å². The molecule has 68 heavy (non-hydrogen) atoms. The Labute approximate surface area is 387 Å². The van der Waals surface area contributed by atoms with Gasteiger partial charge in [0.15, 0.2) is 46.0 Å². The van der Waals surface area contributed by atoms with Gasteiger partial charge in [-0.25, -0.2) is 0 Å². The molecule has 0 heterocycles. The largest absolute Gasteiger partial charge is 0.504 e. The number of phenolic OH excluding ortho intramolecular Hbond substituents is 12. The molecule has 0 fully saturated rings. The average Bonchev–Trinajstić information content (AvgIpc) is 3.21. The Morgan fingerprint density at radius 2 is 0.397 bits per heavy atom. The van der Waals surface area contributed by atoms with E-state index in [9.17, 15) is 113 Å². The number of phenols is 12. The second-order valence-electron chi connectivity index (χ2n) is 16.3. The van der Waals surface area contributed by atoms with Crippen molar-refractivity contribution in [1.82, 2.24) is 0 Å². The molecular formula is C40H48O24S4. The van der Waals surface area contributed by atoms with Gasteiger partial charge >= 0.3 is 0 Å². The van der Waals surface area contributed by atoms with Gasteiger partial charge in [-0.3, -0.25) is 18.2 Å². The van der Waals surface area contributed by atoms with E-state index in [-0.39, 0.29) is 0 Å². The van der Waals surface area contributed by atoms with Crippen molar-refractivity contribution in [3.63, 3.8) is 0 Å². The Morgan fingerprint density at radius 1 is 0.265 bits per heavy atom. The summed E-state index contributed by atoms with van der Waals surface area (Å²) in [6.07, 6.45) is -4.71. The van der Waals surface area contributed by atoms with Crippen LogP contribution >= 0.6 is 0 Å². The molecule has 1 aliphatic carbocycles. The fourth-order valence-electron chi connectivity index (χ4n) is 8.68. The summed E-state index contributed by atoms with van der Waals surface area (Å²) >= 11 is 0. The number of benzene rings is 4. The molecule has 16 N–H and O–H groups in total. The second kappa shape index (κ2) is 19.6. The highest BCUT2D eigenvalue weighted by molar-refractivity contribution is 7.86. The fraction of sp³-hybridized carbons (Fsp3) is 0.400. The predicted octanol–water partition coefficient (Wildman–Crippen LogP) is 3.67. The molecule has 0 aromatic heterocycles. The highest BCUT2D eigenvalue weighted by atomic mass is 32.2. The van der Waals surface area contributed by atoms with Crippen LogP contribution in [0.5, 0.6) is 69.0 Å². The van der Waals surface area contributed by atoms with Crippen molar-refractivity contribution in [3.8, 4) is 69.0 Å². The SMILES string of the molecule is O=S(=O)(O)CCCC1c2cc(c(O)c(O)c2O)C(CCCS(=O)(=O)O)c2cc(c(O)c(O)c2O)C(CCCS(=O)(=O)O)c2cc(c(O)c(O)c2O)C(CCCS(=O)(=O)O)c2cc1c(O)c(O)c2O. The molecule has 0 radical (unpaired) electrons. The van der Waals surface area contributed by atoms with Crippen LogP contribution < -0.4 is 0 Å². The van der Waals surface area contributed by atoms with Crippen LogP contribution in [0.1, 0.15) is 120 Å². The molecule has 0 saturated heterocycles. The van der Waals surface area contributed by atoms with Gasteiger partial charge in [0.1, 0.15) is 0 Å². The summed E-state index contributed by atoms with van der Waals surface area (Å²) < 4.78 is 134. The number of fused-ring (bicyclic) bond motifs is 8. The molecule has 28 heteroatoms. The molecule has 0 amide bonds. The molecule has 1 aliphatic rings. The quantitative estimate of drug-likeness (QED) is 0.0562.